The van der Waals surface area contributed by atoms with Crippen LogP contribution in [0.2, 0.25) is 0 Å². The van der Waals surface area contributed by atoms with Crippen molar-refractivity contribution < 1.29 is 9.47 Å². The van der Waals surface area contributed by atoms with Gasteiger partial charge in [0.05, 0.1) is 18.5 Å². The van der Waals surface area contributed by atoms with E-state index in [-0.39, 0.29) is 0 Å². The Bertz CT molecular complexity index is 892. The lowest BCUT2D eigenvalue weighted by Crippen LogP contribution is -2.01. The van der Waals surface area contributed by atoms with Crippen molar-refractivity contribution in [3.63, 3.8) is 0 Å². The van der Waals surface area contributed by atoms with Crippen molar-refractivity contribution in [3.05, 3.63) is 89.5 Å². The zero-order valence-electron chi connectivity index (χ0n) is 15.7. The second-order valence-corrected chi connectivity index (χ2v) is 6.09. The fourth-order valence-electron chi connectivity index (χ4n) is 2.61. The third-order valence-corrected chi connectivity index (χ3v) is 4.09. The van der Waals surface area contributed by atoms with Crippen LogP contribution >= 0.6 is 0 Å². The van der Waals surface area contributed by atoms with E-state index < -0.39 is 0 Å². The third-order valence-electron chi connectivity index (χ3n) is 4.09. The molecule has 0 unspecified atom stereocenters. The fraction of sp³-hybridized carbons (Fsp3) is 0.174. The summed E-state index contributed by atoms with van der Waals surface area (Å²) in [6.07, 6.45) is 1.76. The number of nitrogens with one attached hydrogen (secondary N) is 1. The molecule has 0 saturated heterocycles. The van der Waals surface area contributed by atoms with Crippen LogP contribution in [0.15, 0.2) is 77.9 Å². The third kappa shape index (κ3) is 5.35. The highest BCUT2D eigenvalue weighted by atomic mass is 16.5. The number of anilines is 1. The van der Waals surface area contributed by atoms with Crippen LogP contribution < -0.4 is 14.9 Å². The lowest BCUT2D eigenvalue weighted by atomic mass is 10.1. The van der Waals surface area contributed by atoms with Gasteiger partial charge in [0.1, 0.15) is 6.61 Å². The maximum Gasteiger partial charge on any atom is 0.161 e. The molecule has 0 aromatic heterocycles. The van der Waals surface area contributed by atoms with Crippen LogP contribution in [-0.4, -0.2) is 12.8 Å². The maximum atomic E-state index is 6.00. The summed E-state index contributed by atoms with van der Waals surface area (Å²) in [6, 6.07) is 23.9. The Hall–Kier alpha value is -3.27. The highest BCUT2D eigenvalue weighted by molar-refractivity contribution is 5.81. The number of benzene rings is 3. The molecule has 0 aliphatic rings. The van der Waals surface area contributed by atoms with Crippen molar-refractivity contribution in [2.45, 2.75) is 20.5 Å². The summed E-state index contributed by atoms with van der Waals surface area (Å²) in [4.78, 5) is 0. The molecule has 0 aliphatic heterocycles. The molecule has 1 N–H and O–H groups in total. The first-order valence-electron chi connectivity index (χ1n) is 9.04. The monoisotopic (exact) mass is 360 g/mol. The Labute approximate surface area is 160 Å². The van der Waals surface area contributed by atoms with Crippen molar-refractivity contribution in [2.75, 3.05) is 12.0 Å². The number of hydrazone groups is 1. The summed E-state index contributed by atoms with van der Waals surface area (Å²) in [5.74, 6) is 1.45. The largest absolute Gasteiger partial charge is 0.490 e. The van der Waals surface area contributed by atoms with E-state index >= 15 is 0 Å². The zero-order valence-corrected chi connectivity index (χ0v) is 15.7. The van der Waals surface area contributed by atoms with E-state index in [2.05, 4.69) is 29.6 Å². The number of rotatable bonds is 8. The molecule has 0 heterocycles. The molecular formula is C23H24N2O2. The van der Waals surface area contributed by atoms with Crippen molar-refractivity contribution in [2.24, 2.45) is 5.10 Å². The van der Waals surface area contributed by atoms with Crippen molar-refractivity contribution in [3.8, 4) is 11.5 Å². The molecule has 3 aromatic carbocycles. The van der Waals surface area contributed by atoms with Crippen LogP contribution in [0.1, 0.15) is 23.6 Å². The average molecular weight is 360 g/mol. The number of hydrogen-bond acceptors (Lipinski definition) is 4. The van der Waals surface area contributed by atoms with Gasteiger partial charge in [-0.1, -0.05) is 42.5 Å². The van der Waals surface area contributed by atoms with E-state index in [1.807, 2.05) is 67.6 Å². The maximum absolute atomic E-state index is 6.00. The average Bonchev–Trinajstić information content (AvgIpc) is 2.69. The summed E-state index contributed by atoms with van der Waals surface area (Å²) >= 11 is 0. The van der Waals surface area contributed by atoms with E-state index in [9.17, 15) is 0 Å². The molecule has 0 saturated carbocycles. The first-order chi connectivity index (χ1) is 13.3. The molecule has 4 nitrogen and oxygen atoms in total. The molecule has 0 fully saturated rings. The topological polar surface area (TPSA) is 42.8 Å². The number of ether oxygens (including phenoxy) is 2. The summed E-state index contributed by atoms with van der Waals surface area (Å²) in [6.45, 7) is 5.13. The van der Waals surface area contributed by atoms with Crippen LogP contribution in [0.25, 0.3) is 0 Å². The Morgan fingerprint density at radius 3 is 2.44 bits per heavy atom. The Balaban J connectivity index is 1.69. The van der Waals surface area contributed by atoms with Crippen LogP contribution in [0.3, 0.4) is 0 Å². The molecule has 0 amide bonds. The van der Waals surface area contributed by atoms with E-state index in [1.165, 1.54) is 5.56 Å². The van der Waals surface area contributed by atoms with Gasteiger partial charge >= 0.3 is 0 Å². The van der Waals surface area contributed by atoms with E-state index in [1.54, 1.807) is 6.21 Å². The molecule has 3 rings (SSSR count). The quantitative estimate of drug-likeness (QED) is 0.431. The summed E-state index contributed by atoms with van der Waals surface area (Å²) in [7, 11) is 0. The SMILES string of the molecule is CCOc1cc(/C=N\Nc2ccccc2)ccc1OCc1ccccc1C. The van der Waals surface area contributed by atoms with Gasteiger partial charge in [0.25, 0.3) is 0 Å². The Morgan fingerprint density at radius 1 is 0.889 bits per heavy atom. The van der Waals surface area contributed by atoms with Gasteiger partial charge in [-0.2, -0.15) is 5.10 Å². The van der Waals surface area contributed by atoms with E-state index in [0.717, 1.165) is 28.3 Å². The Kier molecular flexibility index (Phi) is 6.47. The van der Waals surface area contributed by atoms with Gasteiger partial charge in [0, 0.05) is 0 Å². The molecule has 0 radical (unpaired) electrons. The number of hydrogen-bond donors (Lipinski definition) is 1. The standard InChI is InChI=1S/C23H24N2O2/c1-3-26-23-15-19(16-24-25-21-11-5-4-6-12-21)13-14-22(23)27-17-20-10-8-7-9-18(20)2/h4-16,25H,3,17H2,1-2H3/b24-16-. The van der Waals surface area contributed by atoms with Crippen molar-refractivity contribution >= 4 is 11.9 Å². The minimum atomic E-state index is 0.510. The zero-order chi connectivity index (χ0) is 18.9. The van der Waals surface area contributed by atoms with E-state index in [4.69, 9.17) is 9.47 Å². The van der Waals surface area contributed by atoms with Gasteiger partial charge in [-0.25, -0.2) is 0 Å². The van der Waals surface area contributed by atoms with Crippen LogP contribution in [-0.2, 0) is 6.61 Å². The van der Waals surface area contributed by atoms with Gasteiger partial charge in [0.2, 0.25) is 0 Å². The van der Waals surface area contributed by atoms with Crippen LogP contribution in [0, 0.1) is 6.92 Å². The number of aryl methyl sites for hydroxylation is 1. The van der Waals surface area contributed by atoms with Gasteiger partial charge < -0.3 is 9.47 Å². The van der Waals surface area contributed by atoms with Crippen molar-refractivity contribution in [1.29, 1.82) is 0 Å². The second kappa shape index (κ2) is 9.43. The minimum Gasteiger partial charge on any atom is -0.490 e. The first kappa shape index (κ1) is 18.5. The molecule has 138 valence electrons. The normalized spacial score (nSPS) is 10.7. The number of para-hydroxylation sites is 1. The minimum absolute atomic E-state index is 0.510. The molecule has 0 spiro atoms. The molecular weight excluding hydrogens is 336 g/mol. The predicted octanol–water partition coefficient (Wildman–Crippen LogP) is 5.42. The van der Waals surface area contributed by atoms with E-state index in [0.29, 0.717) is 13.2 Å². The highest BCUT2D eigenvalue weighted by Crippen LogP contribution is 2.29. The van der Waals surface area contributed by atoms with Gasteiger partial charge in [0.15, 0.2) is 11.5 Å². The van der Waals surface area contributed by atoms with Gasteiger partial charge in [-0.3, -0.25) is 5.43 Å². The first-order valence-corrected chi connectivity index (χ1v) is 9.04. The predicted molar refractivity (Wildman–Crippen MR) is 111 cm³/mol. The summed E-state index contributed by atoms with van der Waals surface area (Å²) in [5.41, 5.74) is 7.26. The lowest BCUT2D eigenvalue weighted by Gasteiger charge is -2.13. The number of nitrogens with zero attached hydrogens (tertiary/aromatic N) is 1. The Morgan fingerprint density at radius 2 is 1.67 bits per heavy atom. The second-order valence-electron chi connectivity index (χ2n) is 6.09. The smallest absolute Gasteiger partial charge is 0.161 e. The molecule has 27 heavy (non-hydrogen) atoms. The van der Waals surface area contributed by atoms with Gasteiger partial charge in [-0.05, 0) is 60.9 Å². The lowest BCUT2D eigenvalue weighted by molar-refractivity contribution is 0.269. The molecule has 0 atom stereocenters. The molecule has 0 aliphatic carbocycles. The fourth-order valence-corrected chi connectivity index (χ4v) is 2.61. The van der Waals surface area contributed by atoms with Crippen LogP contribution in [0.5, 0.6) is 11.5 Å². The van der Waals surface area contributed by atoms with Crippen LogP contribution in [0.4, 0.5) is 5.69 Å². The highest BCUT2D eigenvalue weighted by Gasteiger charge is 2.07. The molecule has 4 heteroatoms. The van der Waals surface area contributed by atoms with Crippen molar-refractivity contribution in [1.82, 2.24) is 0 Å². The van der Waals surface area contributed by atoms with Gasteiger partial charge in [-0.15, -0.1) is 0 Å². The molecule has 3 aromatic rings. The molecule has 0 bridgehead atoms. The summed E-state index contributed by atoms with van der Waals surface area (Å²) in [5, 5.41) is 4.28. The summed E-state index contributed by atoms with van der Waals surface area (Å²) < 4.78 is 11.8.